The summed E-state index contributed by atoms with van der Waals surface area (Å²) in [6.45, 7) is 0.897. The number of ether oxygens (including phenoxy) is 1. The number of benzene rings is 2. The fraction of sp³-hybridized carbons (Fsp3) is 0.190. The van der Waals surface area contributed by atoms with Crippen molar-refractivity contribution < 1.29 is 24.0 Å². The molecule has 1 atom stereocenters. The lowest BCUT2D eigenvalue weighted by Gasteiger charge is -2.32. The third kappa shape index (κ3) is 4.88. The summed E-state index contributed by atoms with van der Waals surface area (Å²) < 4.78 is 5.06. The standard InChI is InChI=1S/C21H19N3O6/c1-14(25)23-11-10-15-4-2-3-5-18(15)19(23)12-21(27)30-13-20(26)22-16-6-8-17(9-7-16)24(28)29/h2-11,19H,12-13H2,1H3,(H,22,26)/t19-/m0/s1. The Balaban J connectivity index is 1.58. The largest absolute Gasteiger partial charge is 0.455 e. The summed E-state index contributed by atoms with van der Waals surface area (Å²) in [7, 11) is 0. The monoisotopic (exact) mass is 409 g/mol. The Labute approximate surface area is 172 Å². The van der Waals surface area contributed by atoms with E-state index in [0.29, 0.717) is 5.69 Å². The minimum absolute atomic E-state index is 0.101. The number of esters is 1. The number of rotatable bonds is 6. The van der Waals surface area contributed by atoms with Gasteiger partial charge in [-0.15, -0.1) is 0 Å². The zero-order chi connectivity index (χ0) is 21.7. The van der Waals surface area contributed by atoms with Crippen LogP contribution in [-0.4, -0.2) is 34.2 Å². The van der Waals surface area contributed by atoms with Crippen LogP contribution in [0.2, 0.25) is 0 Å². The molecule has 1 aliphatic heterocycles. The zero-order valence-corrected chi connectivity index (χ0v) is 16.1. The number of nitro groups is 1. The van der Waals surface area contributed by atoms with Gasteiger partial charge in [-0.05, 0) is 29.3 Å². The lowest BCUT2D eigenvalue weighted by atomic mass is 9.94. The summed E-state index contributed by atoms with van der Waals surface area (Å²) in [5, 5.41) is 13.1. The Kier molecular flexibility index (Phi) is 6.21. The Morgan fingerprint density at radius 2 is 1.83 bits per heavy atom. The third-order valence-corrected chi connectivity index (χ3v) is 4.56. The van der Waals surface area contributed by atoms with Gasteiger partial charge in [0.1, 0.15) is 0 Å². The molecule has 2 aromatic carbocycles. The van der Waals surface area contributed by atoms with Crippen molar-refractivity contribution in [2.24, 2.45) is 0 Å². The van der Waals surface area contributed by atoms with Crippen LogP contribution in [0.15, 0.2) is 54.7 Å². The fourth-order valence-corrected chi connectivity index (χ4v) is 3.14. The number of carbonyl (C=O) groups is 3. The molecule has 30 heavy (non-hydrogen) atoms. The van der Waals surface area contributed by atoms with Gasteiger partial charge in [-0.2, -0.15) is 0 Å². The minimum atomic E-state index is -0.629. The zero-order valence-electron chi connectivity index (χ0n) is 16.1. The molecule has 0 spiro atoms. The van der Waals surface area contributed by atoms with Gasteiger partial charge < -0.3 is 15.0 Å². The van der Waals surface area contributed by atoms with E-state index < -0.39 is 29.4 Å². The molecule has 0 fully saturated rings. The fourth-order valence-electron chi connectivity index (χ4n) is 3.14. The summed E-state index contributed by atoms with van der Waals surface area (Å²) >= 11 is 0. The molecule has 9 nitrogen and oxygen atoms in total. The van der Waals surface area contributed by atoms with E-state index in [4.69, 9.17) is 4.74 Å². The van der Waals surface area contributed by atoms with Gasteiger partial charge in [-0.25, -0.2) is 0 Å². The van der Waals surface area contributed by atoms with Crippen LogP contribution in [0.5, 0.6) is 0 Å². The van der Waals surface area contributed by atoms with Gasteiger partial charge in [0.15, 0.2) is 6.61 Å². The van der Waals surface area contributed by atoms with Crippen molar-refractivity contribution in [1.82, 2.24) is 4.90 Å². The number of nitro benzene ring substituents is 1. The second-order valence-corrected chi connectivity index (χ2v) is 6.60. The third-order valence-electron chi connectivity index (χ3n) is 4.56. The highest BCUT2D eigenvalue weighted by Gasteiger charge is 2.28. The summed E-state index contributed by atoms with van der Waals surface area (Å²) in [6.07, 6.45) is 3.33. The first kappa shape index (κ1) is 20.7. The molecule has 0 saturated carbocycles. The maximum Gasteiger partial charge on any atom is 0.308 e. The van der Waals surface area contributed by atoms with E-state index in [-0.39, 0.29) is 18.0 Å². The van der Waals surface area contributed by atoms with Crippen LogP contribution in [0.1, 0.15) is 30.5 Å². The molecule has 1 N–H and O–H groups in total. The Bertz CT molecular complexity index is 1020. The summed E-state index contributed by atoms with van der Waals surface area (Å²) in [6, 6.07) is 12.2. The van der Waals surface area contributed by atoms with Gasteiger partial charge in [0.2, 0.25) is 5.91 Å². The van der Waals surface area contributed by atoms with Crippen molar-refractivity contribution in [3.8, 4) is 0 Å². The van der Waals surface area contributed by atoms with Crippen LogP contribution >= 0.6 is 0 Å². The van der Waals surface area contributed by atoms with Gasteiger partial charge in [-0.1, -0.05) is 24.3 Å². The van der Waals surface area contributed by atoms with Gasteiger partial charge in [-0.3, -0.25) is 24.5 Å². The number of hydrogen-bond donors (Lipinski definition) is 1. The van der Waals surface area contributed by atoms with Crippen LogP contribution in [0, 0.1) is 10.1 Å². The van der Waals surface area contributed by atoms with Crippen molar-refractivity contribution in [2.45, 2.75) is 19.4 Å². The predicted molar refractivity (Wildman–Crippen MR) is 108 cm³/mol. The van der Waals surface area contributed by atoms with E-state index in [1.807, 2.05) is 24.3 Å². The van der Waals surface area contributed by atoms with Crippen LogP contribution in [-0.2, 0) is 19.1 Å². The van der Waals surface area contributed by atoms with Gasteiger partial charge in [0, 0.05) is 30.9 Å². The number of non-ortho nitro benzene ring substituents is 1. The molecule has 2 amide bonds. The Morgan fingerprint density at radius 3 is 2.50 bits per heavy atom. The molecule has 0 aromatic heterocycles. The lowest BCUT2D eigenvalue weighted by Crippen LogP contribution is -2.33. The number of nitrogens with one attached hydrogen (secondary N) is 1. The first-order chi connectivity index (χ1) is 14.3. The smallest absolute Gasteiger partial charge is 0.308 e. The normalized spacial score (nSPS) is 14.6. The molecule has 1 aliphatic rings. The average molecular weight is 409 g/mol. The van der Waals surface area contributed by atoms with E-state index in [0.717, 1.165) is 11.1 Å². The number of carbonyl (C=O) groups excluding carboxylic acids is 3. The Hall–Kier alpha value is -4.01. The van der Waals surface area contributed by atoms with Crippen LogP contribution in [0.4, 0.5) is 11.4 Å². The molecular weight excluding hydrogens is 390 g/mol. The van der Waals surface area contributed by atoms with Crippen LogP contribution in [0.25, 0.3) is 6.08 Å². The molecular formula is C21H19N3O6. The number of fused-ring (bicyclic) bond motifs is 1. The lowest BCUT2D eigenvalue weighted by molar-refractivity contribution is -0.384. The number of nitrogens with zero attached hydrogens (tertiary/aromatic N) is 2. The molecule has 154 valence electrons. The number of hydrogen-bond acceptors (Lipinski definition) is 6. The van der Waals surface area contributed by atoms with E-state index in [2.05, 4.69) is 5.32 Å². The number of amides is 2. The van der Waals surface area contributed by atoms with Gasteiger partial charge in [0.25, 0.3) is 11.6 Å². The molecule has 3 rings (SSSR count). The van der Waals surface area contributed by atoms with Gasteiger partial charge >= 0.3 is 5.97 Å². The Morgan fingerprint density at radius 1 is 1.13 bits per heavy atom. The van der Waals surface area contributed by atoms with Crippen LogP contribution < -0.4 is 5.32 Å². The highest BCUT2D eigenvalue weighted by molar-refractivity contribution is 5.93. The maximum absolute atomic E-state index is 12.3. The first-order valence-corrected chi connectivity index (χ1v) is 9.11. The van der Waals surface area contributed by atoms with E-state index in [1.165, 1.54) is 36.1 Å². The first-order valence-electron chi connectivity index (χ1n) is 9.11. The van der Waals surface area contributed by atoms with E-state index in [1.54, 1.807) is 12.3 Å². The predicted octanol–water partition coefficient (Wildman–Crippen LogP) is 3.04. The topological polar surface area (TPSA) is 119 Å². The molecule has 2 aromatic rings. The van der Waals surface area contributed by atoms with Crippen molar-refractivity contribution in [2.75, 3.05) is 11.9 Å². The van der Waals surface area contributed by atoms with Crippen molar-refractivity contribution in [1.29, 1.82) is 0 Å². The van der Waals surface area contributed by atoms with Crippen molar-refractivity contribution in [3.05, 3.63) is 76.0 Å². The van der Waals surface area contributed by atoms with Crippen molar-refractivity contribution >= 4 is 35.2 Å². The molecule has 1 heterocycles. The highest BCUT2D eigenvalue weighted by Crippen LogP contribution is 2.33. The second-order valence-electron chi connectivity index (χ2n) is 6.60. The second kappa shape index (κ2) is 8.99. The molecule has 0 saturated heterocycles. The molecule has 0 unspecified atom stereocenters. The quantitative estimate of drug-likeness (QED) is 0.445. The molecule has 0 radical (unpaired) electrons. The van der Waals surface area contributed by atoms with E-state index >= 15 is 0 Å². The van der Waals surface area contributed by atoms with Crippen molar-refractivity contribution in [3.63, 3.8) is 0 Å². The summed E-state index contributed by atoms with van der Waals surface area (Å²) in [5.74, 6) is -1.42. The average Bonchev–Trinajstić information content (AvgIpc) is 2.72. The SMILES string of the molecule is CC(=O)N1C=Cc2ccccc2[C@@H]1CC(=O)OCC(=O)Nc1ccc([N+](=O)[O-])cc1. The highest BCUT2D eigenvalue weighted by atomic mass is 16.6. The minimum Gasteiger partial charge on any atom is -0.455 e. The molecule has 0 aliphatic carbocycles. The molecule has 9 heteroatoms. The summed E-state index contributed by atoms with van der Waals surface area (Å²) in [5.41, 5.74) is 1.97. The van der Waals surface area contributed by atoms with Gasteiger partial charge in [0.05, 0.1) is 17.4 Å². The van der Waals surface area contributed by atoms with Crippen LogP contribution in [0.3, 0.4) is 0 Å². The maximum atomic E-state index is 12.3. The van der Waals surface area contributed by atoms with E-state index in [9.17, 15) is 24.5 Å². The summed E-state index contributed by atoms with van der Waals surface area (Å²) in [4.78, 5) is 47.8. The number of anilines is 1. The molecule has 0 bridgehead atoms.